The monoisotopic (exact) mass is 661 g/mol. The van der Waals surface area contributed by atoms with Gasteiger partial charge < -0.3 is 25.4 Å². The first-order valence-electron chi connectivity index (χ1n) is 15.8. The lowest BCUT2D eigenvalue weighted by Crippen LogP contribution is -2.57. The molecule has 0 spiro atoms. The molecule has 2 amide bonds. The molecule has 2 saturated heterocycles. The normalized spacial score (nSPS) is 27.3. The van der Waals surface area contributed by atoms with Crippen molar-refractivity contribution in [2.45, 2.75) is 81.5 Å². The van der Waals surface area contributed by atoms with Crippen molar-refractivity contribution < 1.29 is 27.5 Å². The number of piperazine rings is 1. The molecular formula is C32H44ClN5O6S. The molecule has 3 fully saturated rings. The largest absolute Gasteiger partial charge is 0.481 e. The number of nitrogens with zero attached hydrogens (tertiary/aromatic N) is 2. The number of hydrogen-bond acceptors (Lipinski definition) is 8. The molecule has 7 unspecified atom stereocenters. The van der Waals surface area contributed by atoms with E-state index in [0.717, 1.165) is 50.5 Å². The molecule has 1 aromatic carbocycles. The predicted octanol–water partition coefficient (Wildman–Crippen LogP) is 3.82. The maximum Gasteiger partial charge on any atom is 0.407 e. The Balaban J connectivity index is 1.36. The lowest BCUT2D eigenvalue weighted by Gasteiger charge is -2.39. The summed E-state index contributed by atoms with van der Waals surface area (Å²) >= 11 is 6.20. The third-order valence-corrected chi connectivity index (χ3v) is 11.7. The molecule has 7 atom stereocenters. The SMILES string of the molecule is COC(=O)NC(C(=O)NC1CCCCC1CCC1CNC2CCCS(=O)(=O)N1C2)C(c1ccc(Cl)cc1)c1ccc(OC)nc1. The molecule has 2 aliphatic heterocycles. The summed E-state index contributed by atoms with van der Waals surface area (Å²) in [6.07, 6.45) is 7.79. The number of rotatable bonds is 10. The zero-order valence-corrected chi connectivity index (χ0v) is 27.5. The van der Waals surface area contributed by atoms with Crippen molar-refractivity contribution in [2.75, 3.05) is 33.1 Å². The Morgan fingerprint density at radius 2 is 1.80 bits per heavy atom. The van der Waals surface area contributed by atoms with E-state index in [4.69, 9.17) is 21.1 Å². The van der Waals surface area contributed by atoms with E-state index in [1.54, 1.807) is 28.7 Å². The Hall–Kier alpha value is -2.93. The minimum Gasteiger partial charge on any atom is -0.481 e. The average Bonchev–Trinajstić information content (AvgIpc) is 3.16. The van der Waals surface area contributed by atoms with Gasteiger partial charge in [-0.1, -0.05) is 42.6 Å². The highest BCUT2D eigenvalue weighted by atomic mass is 35.5. The molecule has 45 heavy (non-hydrogen) atoms. The first-order chi connectivity index (χ1) is 21.7. The number of pyridine rings is 1. The van der Waals surface area contributed by atoms with Gasteiger partial charge in [0.1, 0.15) is 6.04 Å². The molecule has 1 saturated carbocycles. The lowest BCUT2D eigenvalue weighted by atomic mass is 9.80. The van der Waals surface area contributed by atoms with E-state index < -0.39 is 28.1 Å². The molecule has 11 nitrogen and oxygen atoms in total. The summed E-state index contributed by atoms with van der Waals surface area (Å²) in [6.45, 7) is 1.18. The second-order valence-corrected chi connectivity index (χ2v) is 14.8. The van der Waals surface area contributed by atoms with Gasteiger partial charge in [-0.15, -0.1) is 0 Å². The smallest absolute Gasteiger partial charge is 0.407 e. The summed E-state index contributed by atoms with van der Waals surface area (Å²) in [5.74, 6) is -0.110. The summed E-state index contributed by atoms with van der Waals surface area (Å²) < 4.78 is 37.9. The number of amides is 2. The van der Waals surface area contributed by atoms with Gasteiger partial charge in [-0.05, 0) is 67.7 Å². The maximum absolute atomic E-state index is 14.2. The van der Waals surface area contributed by atoms with E-state index in [2.05, 4.69) is 20.9 Å². The highest BCUT2D eigenvalue weighted by Crippen LogP contribution is 2.33. The van der Waals surface area contributed by atoms with Crippen LogP contribution in [0.5, 0.6) is 5.88 Å². The van der Waals surface area contributed by atoms with Crippen molar-refractivity contribution in [1.29, 1.82) is 0 Å². The molecule has 5 rings (SSSR count). The molecule has 3 heterocycles. The second-order valence-electron chi connectivity index (χ2n) is 12.3. The van der Waals surface area contributed by atoms with E-state index in [0.29, 0.717) is 36.0 Å². The number of sulfonamides is 1. The summed E-state index contributed by atoms with van der Waals surface area (Å²) in [4.78, 5) is 31.2. The third kappa shape index (κ3) is 8.27. The fourth-order valence-electron chi connectivity index (χ4n) is 7.10. The van der Waals surface area contributed by atoms with Crippen LogP contribution < -0.4 is 20.7 Å². The molecule has 2 bridgehead atoms. The fourth-order valence-corrected chi connectivity index (χ4v) is 9.03. The van der Waals surface area contributed by atoms with Gasteiger partial charge in [0.25, 0.3) is 0 Å². The van der Waals surface area contributed by atoms with Crippen molar-refractivity contribution >= 4 is 33.6 Å². The number of ether oxygens (including phenoxy) is 2. The van der Waals surface area contributed by atoms with Gasteiger partial charge in [-0.2, -0.15) is 4.31 Å². The van der Waals surface area contributed by atoms with Gasteiger partial charge in [-0.25, -0.2) is 18.2 Å². The summed E-state index contributed by atoms with van der Waals surface area (Å²) in [5, 5.41) is 10.2. The Morgan fingerprint density at radius 3 is 2.51 bits per heavy atom. The topological polar surface area (TPSA) is 139 Å². The van der Waals surface area contributed by atoms with Crippen LogP contribution in [0.1, 0.15) is 68.4 Å². The zero-order chi connectivity index (χ0) is 32.0. The van der Waals surface area contributed by atoms with Gasteiger partial charge in [0.2, 0.25) is 21.8 Å². The quantitative estimate of drug-likeness (QED) is 0.349. The minimum atomic E-state index is -3.27. The molecule has 0 radical (unpaired) electrons. The van der Waals surface area contributed by atoms with E-state index in [1.807, 2.05) is 18.2 Å². The van der Waals surface area contributed by atoms with Crippen LogP contribution in [-0.4, -0.2) is 86.9 Å². The third-order valence-electron chi connectivity index (χ3n) is 9.50. The molecular weight excluding hydrogens is 618 g/mol. The van der Waals surface area contributed by atoms with E-state index in [-0.39, 0.29) is 35.7 Å². The minimum absolute atomic E-state index is 0.0896. The number of aromatic nitrogens is 1. The number of carbonyl (C=O) groups is 2. The molecule has 1 aromatic heterocycles. The van der Waals surface area contributed by atoms with E-state index in [9.17, 15) is 18.0 Å². The number of hydrogen-bond donors (Lipinski definition) is 3. The van der Waals surface area contributed by atoms with Crippen LogP contribution in [0.4, 0.5) is 4.79 Å². The van der Waals surface area contributed by atoms with E-state index in [1.165, 1.54) is 14.2 Å². The van der Waals surface area contributed by atoms with Crippen LogP contribution >= 0.6 is 11.6 Å². The Bertz CT molecular complexity index is 1410. The van der Waals surface area contributed by atoms with Crippen LogP contribution in [0.25, 0.3) is 0 Å². The van der Waals surface area contributed by atoms with Crippen molar-refractivity contribution in [3.05, 3.63) is 58.7 Å². The second kappa shape index (κ2) is 15.1. The van der Waals surface area contributed by atoms with Gasteiger partial charge in [-0.3, -0.25) is 4.79 Å². The van der Waals surface area contributed by atoms with Gasteiger partial charge in [0, 0.05) is 54.4 Å². The number of benzene rings is 1. The van der Waals surface area contributed by atoms with Crippen LogP contribution in [0, 0.1) is 5.92 Å². The molecule has 1 aliphatic carbocycles. The number of halogens is 1. The van der Waals surface area contributed by atoms with Crippen LogP contribution in [-0.2, 0) is 19.6 Å². The summed E-state index contributed by atoms with van der Waals surface area (Å²) in [5.41, 5.74) is 1.47. The Kier molecular flexibility index (Phi) is 11.2. The molecule has 246 valence electrons. The Labute approximate surface area is 270 Å². The molecule has 13 heteroatoms. The van der Waals surface area contributed by atoms with Crippen molar-refractivity contribution in [1.82, 2.24) is 25.2 Å². The Morgan fingerprint density at radius 1 is 1.04 bits per heavy atom. The van der Waals surface area contributed by atoms with Crippen LogP contribution in [0.2, 0.25) is 5.02 Å². The first-order valence-corrected chi connectivity index (χ1v) is 17.8. The lowest BCUT2D eigenvalue weighted by molar-refractivity contribution is -0.124. The van der Waals surface area contributed by atoms with E-state index >= 15 is 0 Å². The van der Waals surface area contributed by atoms with Crippen LogP contribution in [0.15, 0.2) is 42.6 Å². The molecule has 3 N–H and O–H groups in total. The number of alkyl carbamates (subject to hydrolysis) is 1. The predicted molar refractivity (Wildman–Crippen MR) is 172 cm³/mol. The van der Waals surface area contributed by atoms with Crippen molar-refractivity contribution in [3.8, 4) is 5.88 Å². The van der Waals surface area contributed by atoms with Crippen molar-refractivity contribution in [3.63, 3.8) is 0 Å². The van der Waals surface area contributed by atoms with Crippen molar-refractivity contribution in [2.24, 2.45) is 5.92 Å². The van der Waals surface area contributed by atoms with Gasteiger partial charge in [0.15, 0.2) is 0 Å². The summed E-state index contributed by atoms with van der Waals surface area (Å²) in [7, 11) is -0.476. The molecule has 2 aromatic rings. The molecule has 3 aliphatic rings. The standard InChI is InChI=1S/C32H44ClN5O6S/c1-43-28-16-12-23(18-35-28)29(22-9-13-24(33)14-10-22)30(37-32(40)44-2)31(39)36-27-8-4-3-6-21(27)11-15-26-19-34-25-7-5-17-45(41,42)38(26)20-25/h9-10,12-14,16,18,21,25-27,29-30,34H,3-8,11,15,17,19-20H2,1-2H3,(H,36,39)(H,37,40). The number of nitrogens with one attached hydrogen (secondary N) is 3. The van der Waals surface area contributed by atoms with Gasteiger partial charge in [0.05, 0.1) is 20.0 Å². The number of carbonyl (C=O) groups excluding carboxylic acids is 2. The zero-order valence-electron chi connectivity index (χ0n) is 25.9. The number of methoxy groups -OCH3 is 2. The number of fused-ring (bicyclic) bond motifs is 2. The maximum atomic E-state index is 14.2. The highest BCUT2D eigenvalue weighted by Gasteiger charge is 2.40. The summed E-state index contributed by atoms with van der Waals surface area (Å²) in [6, 6.07) is 9.70. The first kappa shape index (κ1) is 33.4. The van der Waals surface area contributed by atoms with Gasteiger partial charge >= 0.3 is 6.09 Å². The average molecular weight is 662 g/mol. The highest BCUT2D eigenvalue weighted by molar-refractivity contribution is 7.89. The fraction of sp³-hybridized carbons (Fsp3) is 0.594. The van der Waals surface area contributed by atoms with Crippen LogP contribution in [0.3, 0.4) is 0 Å².